The van der Waals surface area contributed by atoms with Crippen LogP contribution in [-0.4, -0.2) is 16.7 Å². The molecule has 0 amide bonds. The molecule has 0 aromatic rings. The van der Waals surface area contributed by atoms with Crippen LogP contribution in [0.1, 0.15) is 84.5 Å². The molecule has 26 heavy (non-hydrogen) atoms. The summed E-state index contributed by atoms with van der Waals surface area (Å²) in [5.74, 6) is 4.08. The molecule has 0 spiro atoms. The SMILES string of the molecule is C=CCCC(C)C1CCC2C1CCC1(N)C2C(O)CC2CCCCC21C. The summed E-state index contributed by atoms with van der Waals surface area (Å²) in [4.78, 5) is 0. The maximum absolute atomic E-state index is 11.2. The van der Waals surface area contributed by atoms with Crippen LogP contribution >= 0.6 is 0 Å². The van der Waals surface area contributed by atoms with Crippen LogP contribution in [0, 0.1) is 40.9 Å². The Morgan fingerprint density at radius 1 is 1.15 bits per heavy atom. The van der Waals surface area contributed by atoms with Gasteiger partial charge in [0.2, 0.25) is 0 Å². The molecule has 0 aliphatic heterocycles. The molecule has 4 rings (SSSR count). The number of aliphatic hydroxyl groups is 1. The first kappa shape index (κ1) is 19.0. The molecule has 0 bridgehead atoms. The first-order valence-corrected chi connectivity index (χ1v) is 11.5. The summed E-state index contributed by atoms with van der Waals surface area (Å²) in [6, 6.07) is 0. The summed E-state index contributed by atoms with van der Waals surface area (Å²) in [5.41, 5.74) is 7.46. The number of nitrogens with two attached hydrogens (primary N) is 1. The molecule has 4 aliphatic rings. The van der Waals surface area contributed by atoms with Crippen molar-refractivity contribution in [2.24, 2.45) is 46.7 Å². The molecule has 9 atom stereocenters. The first-order valence-electron chi connectivity index (χ1n) is 11.5. The molecule has 0 saturated heterocycles. The van der Waals surface area contributed by atoms with E-state index in [2.05, 4.69) is 26.5 Å². The summed E-state index contributed by atoms with van der Waals surface area (Å²) < 4.78 is 0. The smallest absolute Gasteiger partial charge is 0.0591 e. The lowest BCUT2D eigenvalue weighted by molar-refractivity contribution is -0.161. The lowest BCUT2D eigenvalue weighted by Crippen LogP contribution is -2.71. The van der Waals surface area contributed by atoms with Crippen LogP contribution < -0.4 is 5.73 Å². The lowest BCUT2D eigenvalue weighted by Gasteiger charge is -2.65. The van der Waals surface area contributed by atoms with Crippen molar-refractivity contribution >= 4 is 0 Å². The fourth-order valence-corrected chi connectivity index (χ4v) is 8.39. The summed E-state index contributed by atoms with van der Waals surface area (Å²) in [6.07, 6.45) is 15.7. The zero-order valence-corrected chi connectivity index (χ0v) is 17.1. The van der Waals surface area contributed by atoms with Crippen LogP contribution in [0.5, 0.6) is 0 Å². The zero-order valence-electron chi connectivity index (χ0n) is 17.1. The van der Waals surface area contributed by atoms with E-state index in [0.717, 1.165) is 37.0 Å². The Labute approximate surface area is 161 Å². The Morgan fingerprint density at radius 3 is 2.73 bits per heavy atom. The van der Waals surface area contributed by atoms with Gasteiger partial charge in [-0.2, -0.15) is 0 Å². The lowest BCUT2D eigenvalue weighted by atomic mass is 9.42. The predicted octanol–water partition coefficient (Wildman–Crippen LogP) is 5.30. The van der Waals surface area contributed by atoms with Crippen molar-refractivity contribution in [3.63, 3.8) is 0 Å². The number of aliphatic hydroxyl groups excluding tert-OH is 1. The van der Waals surface area contributed by atoms with E-state index < -0.39 is 0 Å². The topological polar surface area (TPSA) is 46.2 Å². The maximum atomic E-state index is 11.2. The minimum absolute atomic E-state index is 0.129. The van der Waals surface area contributed by atoms with Crippen LogP contribution in [0.25, 0.3) is 0 Å². The van der Waals surface area contributed by atoms with E-state index in [0.29, 0.717) is 17.8 Å². The molecular formula is C24H41NO. The highest BCUT2D eigenvalue weighted by molar-refractivity contribution is 5.18. The van der Waals surface area contributed by atoms with Crippen molar-refractivity contribution in [1.82, 2.24) is 0 Å². The summed E-state index contributed by atoms with van der Waals surface area (Å²) >= 11 is 0. The second-order valence-electron chi connectivity index (χ2n) is 10.7. The van der Waals surface area contributed by atoms with E-state index in [9.17, 15) is 5.11 Å². The zero-order chi connectivity index (χ0) is 18.5. The van der Waals surface area contributed by atoms with Crippen molar-refractivity contribution in [1.29, 1.82) is 0 Å². The standard InChI is InChI=1S/C24H41NO/c1-4-5-8-16(2)18-10-11-20-19(18)12-14-24(25)22(20)21(26)15-17-9-6-7-13-23(17,24)3/h4,16-22,26H,1,5-15,25H2,2-3H3. The molecule has 9 unspecified atom stereocenters. The second-order valence-corrected chi connectivity index (χ2v) is 10.7. The summed E-state index contributed by atoms with van der Waals surface area (Å²) in [5, 5.41) is 11.2. The first-order chi connectivity index (χ1) is 12.4. The number of rotatable bonds is 4. The van der Waals surface area contributed by atoms with Crippen molar-refractivity contribution in [2.45, 2.75) is 96.1 Å². The van der Waals surface area contributed by atoms with Gasteiger partial charge in [0.15, 0.2) is 0 Å². The molecule has 3 N–H and O–H groups in total. The van der Waals surface area contributed by atoms with Crippen molar-refractivity contribution in [2.75, 3.05) is 0 Å². The molecule has 2 heteroatoms. The Hall–Kier alpha value is -0.340. The summed E-state index contributed by atoms with van der Waals surface area (Å²) in [6.45, 7) is 8.86. The van der Waals surface area contributed by atoms with E-state index in [4.69, 9.17) is 5.73 Å². The third-order valence-corrected chi connectivity index (χ3v) is 9.84. The Bertz CT molecular complexity index is 532. The molecule has 0 radical (unpaired) electrons. The van der Waals surface area contributed by atoms with Crippen LogP contribution in [0.3, 0.4) is 0 Å². The molecule has 4 aliphatic carbocycles. The predicted molar refractivity (Wildman–Crippen MR) is 109 cm³/mol. The van der Waals surface area contributed by atoms with E-state index in [1.165, 1.54) is 51.4 Å². The van der Waals surface area contributed by atoms with E-state index in [1.54, 1.807) is 0 Å². The summed E-state index contributed by atoms with van der Waals surface area (Å²) in [7, 11) is 0. The molecule has 0 aromatic heterocycles. The quantitative estimate of drug-likeness (QED) is 0.669. The normalized spacial score (nSPS) is 51.8. The average molecular weight is 360 g/mol. The van der Waals surface area contributed by atoms with Gasteiger partial charge >= 0.3 is 0 Å². The van der Waals surface area contributed by atoms with Gasteiger partial charge in [-0.25, -0.2) is 0 Å². The van der Waals surface area contributed by atoms with E-state index in [-0.39, 0.29) is 17.1 Å². The molecule has 0 aromatic carbocycles. The van der Waals surface area contributed by atoms with Crippen molar-refractivity contribution < 1.29 is 5.11 Å². The van der Waals surface area contributed by atoms with Gasteiger partial charge in [-0.3, -0.25) is 0 Å². The Morgan fingerprint density at radius 2 is 1.96 bits per heavy atom. The highest BCUT2D eigenvalue weighted by Crippen LogP contribution is 2.65. The van der Waals surface area contributed by atoms with Gasteiger partial charge in [0.05, 0.1) is 6.10 Å². The van der Waals surface area contributed by atoms with E-state index in [1.807, 2.05) is 0 Å². The van der Waals surface area contributed by atoms with Gasteiger partial charge in [-0.1, -0.05) is 32.8 Å². The minimum Gasteiger partial charge on any atom is -0.393 e. The molecule has 0 heterocycles. The minimum atomic E-state index is -0.161. The molecule has 4 fully saturated rings. The van der Waals surface area contributed by atoms with Gasteiger partial charge in [-0.15, -0.1) is 6.58 Å². The average Bonchev–Trinajstić information content (AvgIpc) is 3.04. The fourth-order valence-electron chi connectivity index (χ4n) is 8.39. The maximum Gasteiger partial charge on any atom is 0.0591 e. The third kappa shape index (κ3) is 2.65. The number of hydrogen-bond donors (Lipinski definition) is 2. The highest BCUT2D eigenvalue weighted by Gasteiger charge is 2.65. The van der Waals surface area contributed by atoms with Crippen LogP contribution in [-0.2, 0) is 0 Å². The van der Waals surface area contributed by atoms with Crippen molar-refractivity contribution in [3.8, 4) is 0 Å². The molecule has 2 nitrogen and oxygen atoms in total. The Balaban J connectivity index is 1.59. The highest BCUT2D eigenvalue weighted by atomic mass is 16.3. The fraction of sp³-hybridized carbons (Fsp3) is 0.917. The van der Waals surface area contributed by atoms with Crippen LogP contribution in [0.2, 0.25) is 0 Å². The second kappa shape index (κ2) is 6.92. The largest absolute Gasteiger partial charge is 0.393 e. The molecular weight excluding hydrogens is 318 g/mol. The number of fused-ring (bicyclic) bond motifs is 5. The monoisotopic (exact) mass is 359 g/mol. The third-order valence-electron chi connectivity index (χ3n) is 9.84. The number of hydrogen-bond acceptors (Lipinski definition) is 2. The van der Waals surface area contributed by atoms with Gasteiger partial charge in [-0.05, 0) is 92.8 Å². The number of allylic oxidation sites excluding steroid dienone is 1. The van der Waals surface area contributed by atoms with E-state index >= 15 is 0 Å². The van der Waals surface area contributed by atoms with Gasteiger partial charge in [0.25, 0.3) is 0 Å². The van der Waals surface area contributed by atoms with Gasteiger partial charge in [0.1, 0.15) is 0 Å². The van der Waals surface area contributed by atoms with Gasteiger partial charge < -0.3 is 10.8 Å². The molecule has 148 valence electrons. The van der Waals surface area contributed by atoms with Crippen molar-refractivity contribution in [3.05, 3.63) is 12.7 Å². The van der Waals surface area contributed by atoms with Crippen LogP contribution in [0.15, 0.2) is 12.7 Å². The van der Waals surface area contributed by atoms with Crippen LogP contribution in [0.4, 0.5) is 0 Å². The van der Waals surface area contributed by atoms with Gasteiger partial charge in [0, 0.05) is 11.5 Å². The Kier molecular flexibility index (Phi) is 5.06. The molecule has 4 saturated carbocycles.